The van der Waals surface area contributed by atoms with Crippen LogP contribution in [0.5, 0.6) is 0 Å². The zero-order valence-electron chi connectivity index (χ0n) is 10.7. The van der Waals surface area contributed by atoms with Crippen molar-refractivity contribution in [2.24, 2.45) is 0 Å². The number of methoxy groups -OCH3 is 1. The number of ether oxygens (including phenoxy) is 2. The van der Waals surface area contributed by atoms with Crippen LogP contribution >= 0.6 is 0 Å². The zero-order chi connectivity index (χ0) is 15.2. The molecule has 20 heavy (non-hydrogen) atoms. The van der Waals surface area contributed by atoms with Crippen LogP contribution in [0.4, 0.5) is 13.2 Å². The number of rotatable bonds is 8. The normalized spacial score (nSPS) is 11.8. The summed E-state index contributed by atoms with van der Waals surface area (Å²) >= 11 is 0. The van der Waals surface area contributed by atoms with E-state index in [1.807, 2.05) is 0 Å². The van der Waals surface area contributed by atoms with Gasteiger partial charge < -0.3 is 14.6 Å². The molecule has 0 aliphatic heterocycles. The second-order valence-electron chi connectivity index (χ2n) is 3.87. The molecule has 0 amide bonds. The van der Waals surface area contributed by atoms with Gasteiger partial charge >= 0.3 is 12.1 Å². The van der Waals surface area contributed by atoms with Gasteiger partial charge in [0.25, 0.3) is 0 Å². The lowest BCUT2D eigenvalue weighted by atomic mass is 10.3. The number of alkyl halides is 3. The van der Waals surface area contributed by atoms with E-state index in [0.29, 0.717) is 0 Å². The van der Waals surface area contributed by atoms with Crippen molar-refractivity contribution in [2.75, 3.05) is 20.3 Å². The first kappa shape index (κ1) is 16.4. The first-order chi connectivity index (χ1) is 9.35. The number of carboxylic acids is 1. The zero-order valence-corrected chi connectivity index (χ0v) is 10.7. The fraction of sp³-hybridized carbons (Fsp3) is 0.700. The molecule has 10 heteroatoms. The van der Waals surface area contributed by atoms with Crippen molar-refractivity contribution in [3.05, 3.63) is 11.4 Å². The Bertz CT molecular complexity index is 447. The SMILES string of the molecule is COCc1c(C(=O)O)nnn1CCCOCC(F)(F)F. The van der Waals surface area contributed by atoms with Crippen molar-refractivity contribution in [3.8, 4) is 0 Å². The number of nitrogens with zero attached hydrogens (tertiary/aromatic N) is 3. The van der Waals surface area contributed by atoms with E-state index in [0.717, 1.165) is 0 Å². The Balaban J connectivity index is 2.49. The fourth-order valence-corrected chi connectivity index (χ4v) is 1.46. The molecule has 0 saturated heterocycles. The Labute approximate surface area is 112 Å². The first-order valence-electron chi connectivity index (χ1n) is 5.64. The summed E-state index contributed by atoms with van der Waals surface area (Å²) in [6.07, 6.45) is -4.11. The standard InChI is InChI=1S/C10H14F3N3O4/c1-19-5-7-8(9(17)18)14-15-16(7)3-2-4-20-6-10(11,12)13/h2-6H2,1H3,(H,17,18). The molecule has 1 aromatic heterocycles. The Morgan fingerprint density at radius 1 is 1.45 bits per heavy atom. The number of hydrogen-bond donors (Lipinski definition) is 1. The molecule has 0 aliphatic carbocycles. The van der Waals surface area contributed by atoms with E-state index < -0.39 is 18.8 Å². The number of aromatic carboxylic acids is 1. The van der Waals surface area contributed by atoms with Crippen LogP contribution in [0.25, 0.3) is 0 Å². The summed E-state index contributed by atoms with van der Waals surface area (Å²) in [5.41, 5.74) is 0.0267. The van der Waals surface area contributed by atoms with Crippen LogP contribution in [0.15, 0.2) is 0 Å². The number of aromatic nitrogens is 3. The molecule has 0 fully saturated rings. The third-order valence-electron chi connectivity index (χ3n) is 2.25. The van der Waals surface area contributed by atoms with Gasteiger partial charge in [0.15, 0.2) is 5.69 Å². The largest absolute Gasteiger partial charge is 0.476 e. The highest BCUT2D eigenvalue weighted by Gasteiger charge is 2.27. The highest BCUT2D eigenvalue weighted by Crippen LogP contribution is 2.14. The van der Waals surface area contributed by atoms with Gasteiger partial charge in [0.2, 0.25) is 0 Å². The minimum Gasteiger partial charge on any atom is -0.476 e. The van der Waals surface area contributed by atoms with E-state index in [1.165, 1.54) is 11.8 Å². The monoisotopic (exact) mass is 297 g/mol. The van der Waals surface area contributed by atoms with Crippen molar-refractivity contribution in [2.45, 2.75) is 25.7 Å². The predicted molar refractivity (Wildman–Crippen MR) is 59.2 cm³/mol. The van der Waals surface area contributed by atoms with E-state index in [-0.39, 0.29) is 37.6 Å². The van der Waals surface area contributed by atoms with Crippen molar-refractivity contribution in [1.29, 1.82) is 0 Å². The van der Waals surface area contributed by atoms with Crippen LogP contribution in [-0.4, -0.2) is 52.6 Å². The number of carbonyl (C=O) groups is 1. The molecule has 1 aromatic rings. The molecule has 0 spiro atoms. The highest BCUT2D eigenvalue weighted by molar-refractivity contribution is 5.86. The van der Waals surface area contributed by atoms with Crippen LogP contribution in [0.3, 0.4) is 0 Å². The van der Waals surface area contributed by atoms with E-state index in [4.69, 9.17) is 9.84 Å². The van der Waals surface area contributed by atoms with Gasteiger partial charge in [0.05, 0.1) is 12.3 Å². The molecule has 0 bridgehead atoms. The van der Waals surface area contributed by atoms with Crippen molar-refractivity contribution < 1.29 is 32.5 Å². The van der Waals surface area contributed by atoms with Crippen molar-refractivity contribution >= 4 is 5.97 Å². The van der Waals surface area contributed by atoms with Crippen LogP contribution in [-0.2, 0) is 22.6 Å². The summed E-state index contributed by atoms with van der Waals surface area (Å²) in [5.74, 6) is -1.24. The summed E-state index contributed by atoms with van der Waals surface area (Å²) < 4.78 is 46.1. The average Bonchev–Trinajstić information content (AvgIpc) is 2.71. The third-order valence-corrected chi connectivity index (χ3v) is 2.25. The maximum atomic E-state index is 11.8. The third kappa shape index (κ3) is 5.13. The Morgan fingerprint density at radius 3 is 2.70 bits per heavy atom. The van der Waals surface area contributed by atoms with Gasteiger partial charge in [-0.05, 0) is 6.42 Å². The van der Waals surface area contributed by atoms with Gasteiger partial charge in [-0.3, -0.25) is 0 Å². The molecule has 1 heterocycles. The number of aryl methyl sites for hydroxylation is 1. The maximum Gasteiger partial charge on any atom is 0.411 e. The molecular weight excluding hydrogens is 283 g/mol. The summed E-state index contributed by atoms with van der Waals surface area (Å²) in [5, 5.41) is 16.0. The average molecular weight is 297 g/mol. The lowest BCUT2D eigenvalue weighted by molar-refractivity contribution is -0.174. The summed E-state index contributed by atoms with van der Waals surface area (Å²) in [6.45, 7) is -1.24. The summed E-state index contributed by atoms with van der Waals surface area (Å²) in [6, 6.07) is 0. The fourth-order valence-electron chi connectivity index (χ4n) is 1.46. The van der Waals surface area contributed by atoms with Gasteiger partial charge in [-0.1, -0.05) is 5.21 Å². The van der Waals surface area contributed by atoms with Crippen molar-refractivity contribution in [3.63, 3.8) is 0 Å². The van der Waals surface area contributed by atoms with Gasteiger partial charge in [-0.2, -0.15) is 13.2 Å². The molecule has 0 aliphatic rings. The first-order valence-corrected chi connectivity index (χ1v) is 5.64. The van der Waals surface area contributed by atoms with Crippen LogP contribution in [0.1, 0.15) is 22.6 Å². The maximum absolute atomic E-state index is 11.8. The molecule has 1 rings (SSSR count). The van der Waals surface area contributed by atoms with Gasteiger partial charge in [0.1, 0.15) is 6.61 Å². The number of halogens is 3. The second kappa shape index (κ2) is 7.20. The molecule has 0 radical (unpaired) electrons. The molecule has 1 N–H and O–H groups in total. The molecule has 0 saturated carbocycles. The molecular formula is C10H14F3N3O4. The van der Waals surface area contributed by atoms with E-state index >= 15 is 0 Å². The van der Waals surface area contributed by atoms with Crippen LogP contribution < -0.4 is 0 Å². The summed E-state index contributed by atoms with van der Waals surface area (Å²) in [4.78, 5) is 10.9. The van der Waals surface area contributed by atoms with Crippen LogP contribution in [0.2, 0.25) is 0 Å². The Hall–Kier alpha value is -1.68. The smallest absolute Gasteiger partial charge is 0.411 e. The molecule has 0 unspecified atom stereocenters. The Morgan fingerprint density at radius 2 is 2.15 bits per heavy atom. The van der Waals surface area contributed by atoms with Gasteiger partial charge in [-0.25, -0.2) is 9.48 Å². The topological polar surface area (TPSA) is 86.5 Å². The van der Waals surface area contributed by atoms with Gasteiger partial charge in [0, 0.05) is 20.3 Å². The van der Waals surface area contributed by atoms with E-state index in [2.05, 4.69) is 15.0 Å². The lowest BCUT2D eigenvalue weighted by Crippen LogP contribution is -2.18. The predicted octanol–water partition coefficient (Wildman–Crippen LogP) is 1.09. The number of hydrogen-bond acceptors (Lipinski definition) is 5. The highest BCUT2D eigenvalue weighted by atomic mass is 19.4. The number of carboxylic acid groups (broad SMARTS) is 1. The minimum atomic E-state index is -4.36. The molecule has 114 valence electrons. The quantitative estimate of drug-likeness (QED) is 0.723. The summed E-state index contributed by atoms with van der Waals surface area (Å²) in [7, 11) is 1.38. The van der Waals surface area contributed by atoms with E-state index in [9.17, 15) is 18.0 Å². The van der Waals surface area contributed by atoms with Crippen LogP contribution in [0, 0.1) is 0 Å². The molecule has 7 nitrogen and oxygen atoms in total. The van der Waals surface area contributed by atoms with E-state index in [1.54, 1.807) is 0 Å². The minimum absolute atomic E-state index is 0.00194. The lowest BCUT2D eigenvalue weighted by Gasteiger charge is -2.08. The second-order valence-corrected chi connectivity index (χ2v) is 3.87. The van der Waals surface area contributed by atoms with Gasteiger partial charge in [-0.15, -0.1) is 5.10 Å². The molecule has 0 atom stereocenters. The van der Waals surface area contributed by atoms with Crippen molar-refractivity contribution in [1.82, 2.24) is 15.0 Å². The molecule has 0 aromatic carbocycles. The Kier molecular flexibility index (Phi) is 5.89.